The van der Waals surface area contributed by atoms with Crippen LogP contribution in [-0.4, -0.2) is 38.9 Å². The van der Waals surface area contributed by atoms with Gasteiger partial charge in [-0.25, -0.2) is 0 Å². The highest BCUT2D eigenvalue weighted by Gasteiger charge is 2.03. The number of methoxy groups -OCH3 is 1. The van der Waals surface area contributed by atoms with Crippen LogP contribution in [0.4, 0.5) is 0 Å². The summed E-state index contributed by atoms with van der Waals surface area (Å²) in [5, 5.41) is 3.08. The van der Waals surface area contributed by atoms with Crippen molar-refractivity contribution in [1.29, 1.82) is 0 Å². The van der Waals surface area contributed by atoms with Crippen LogP contribution in [0.1, 0.15) is 19.4 Å². The van der Waals surface area contributed by atoms with Crippen molar-refractivity contribution in [3.05, 3.63) is 29.8 Å². The van der Waals surface area contributed by atoms with Crippen LogP contribution in [0.5, 0.6) is 5.75 Å². The number of halogens is 1. The normalized spacial score (nSPS) is 12.4. The van der Waals surface area contributed by atoms with E-state index >= 15 is 0 Å². The van der Waals surface area contributed by atoms with Crippen molar-refractivity contribution in [1.82, 2.24) is 5.32 Å². The highest BCUT2D eigenvalue weighted by Crippen LogP contribution is 2.18. The minimum atomic E-state index is 0. The van der Waals surface area contributed by atoms with Crippen LogP contribution in [-0.2, 0) is 11.2 Å². The molecule has 0 aromatic heterocycles. The largest absolute Gasteiger partial charge is 0.494 e. The molecule has 1 atom stereocenters. The molecular formula is C15H26IN3O2. The van der Waals surface area contributed by atoms with E-state index in [1.807, 2.05) is 32.0 Å². The first-order chi connectivity index (χ1) is 9.67. The number of benzene rings is 1. The summed E-state index contributed by atoms with van der Waals surface area (Å²) in [4.78, 5) is 4.32. The minimum Gasteiger partial charge on any atom is -0.494 e. The molecule has 0 heterocycles. The third-order valence-electron chi connectivity index (χ3n) is 2.75. The molecule has 120 valence electrons. The van der Waals surface area contributed by atoms with E-state index in [1.54, 1.807) is 7.11 Å². The highest BCUT2D eigenvalue weighted by molar-refractivity contribution is 14.0. The van der Waals surface area contributed by atoms with Gasteiger partial charge in [0, 0.05) is 19.7 Å². The Labute approximate surface area is 144 Å². The average molecular weight is 407 g/mol. The van der Waals surface area contributed by atoms with Gasteiger partial charge in [-0.1, -0.05) is 18.2 Å². The summed E-state index contributed by atoms with van der Waals surface area (Å²) in [6, 6.07) is 8.16. The van der Waals surface area contributed by atoms with Crippen LogP contribution in [0, 0.1) is 0 Å². The molecular weight excluding hydrogens is 381 g/mol. The van der Waals surface area contributed by atoms with Gasteiger partial charge in [0.2, 0.25) is 0 Å². The summed E-state index contributed by atoms with van der Waals surface area (Å²) in [6.07, 6.45) is 0.803. The Bertz CT molecular complexity index is 427. The second-order valence-corrected chi connectivity index (χ2v) is 4.56. The van der Waals surface area contributed by atoms with E-state index in [1.165, 1.54) is 0 Å². The topological polar surface area (TPSA) is 68.9 Å². The number of rotatable bonds is 8. The molecule has 5 nitrogen and oxygen atoms in total. The molecule has 1 aromatic rings. The summed E-state index contributed by atoms with van der Waals surface area (Å²) >= 11 is 0. The lowest BCUT2D eigenvalue weighted by molar-refractivity contribution is 0.179. The molecule has 0 saturated heterocycles. The summed E-state index contributed by atoms with van der Waals surface area (Å²) < 4.78 is 10.6. The number of para-hydroxylation sites is 1. The van der Waals surface area contributed by atoms with Crippen LogP contribution in [0.25, 0.3) is 0 Å². The molecule has 6 heteroatoms. The Balaban J connectivity index is 0.00000400. The quantitative estimate of drug-likeness (QED) is 0.394. The smallest absolute Gasteiger partial charge is 0.188 e. The fraction of sp³-hybridized carbons (Fsp3) is 0.533. The van der Waals surface area contributed by atoms with Gasteiger partial charge in [-0.3, -0.25) is 4.99 Å². The Kier molecular flexibility index (Phi) is 11.1. The Morgan fingerprint density at radius 1 is 1.38 bits per heavy atom. The molecule has 0 fully saturated rings. The van der Waals surface area contributed by atoms with Crippen molar-refractivity contribution in [2.24, 2.45) is 10.7 Å². The monoisotopic (exact) mass is 407 g/mol. The van der Waals surface area contributed by atoms with Crippen molar-refractivity contribution >= 4 is 29.9 Å². The summed E-state index contributed by atoms with van der Waals surface area (Å²) in [5.41, 5.74) is 6.97. The van der Waals surface area contributed by atoms with E-state index in [4.69, 9.17) is 15.2 Å². The van der Waals surface area contributed by atoms with Gasteiger partial charge >= 0.3 is 0 Å². The van der Waals surface area contributed by atoms with Crippen LogP contribution in [0.2, 0.25) is 0 Å². The van der Waals surface area contributed by atoms with Gasteiger partial charge in [0.05, 0.1) is 13.2 Å². The minimum absolute atomic E-state index is 0. The SMILES string of the molecule is CCOc1ccccc1CCN=C(N)NC(C)COC.I. The van der Waals surface area contributed by atoms with Crippen LogP contribution >= 0.6 is 24.0 Å². The van der Waals surface area contributed by atoms with Crippen LogP contribution < -0.4 is 15.8 Å². The number of hydrogen-bond donors (Lipinski definition) is 2. The van der Waals surface area contributed by atoms with Gasteiger partial charge in [-0.2, -0.15) is 0 Å². The van der Waals surface area contributed by atoms with E-state index in [0.717, 1.165) is 17.7 Å². The van der Waals surface area contributed by atoms with Gasteiger partial charge in [0.25, 0.3) is 0 Å². The molecule has 0 saturated carbocycles. The number of nitrogens with zero attached hydrogens (tertiary/aromatic N) is 1. The first-order valence-corrected chi connectivity index (χ1v) is 6.93. The lowest BCUT2D eigenvalue weighted by atomic mass is 10.1. The van der Waals surface area contributed by atoms with E-state index in [2.05, 4.69) is 16.4 Å². The van der Waals surface area contributed by atoms with E-state index in [9.17, 15) is 0 Å². The van der Waals surface area contributed by atoms with Crippen molar-refractivity contribution in [2.75, 3.05) is 26.9 Å². The first kappa shape index (κ1) is 20.0. The molecule has 0 aliphatic rings. The average Bonchev–Trinajstić information content (AvgIpc) is 2.41. The molecule has 21 heavy (non-hydrogen) atoms. The Morgan fingerprint density at radius 3 is 2.76 bits per heavy atom. The predicted molar refractivity (Wildman–Crippen MR) is 97.7 cm³/mol. The lowest BCUT2D eigenvalue weighted by Crippen LogP contribution is -2.40. The molecule has 0 spiro atoms. The van der Waals surface area contributed by atoms with Crippen LogP contribution in [0.3, 0.4) is 0 Å². The molecule has 0 bridgehead atoms. The van der Waals surface area contributed by atoms with Gasteiger partial charge in [-0.15, -0.1) is 24.0 Å². The molecule has 1 aromatic carbocycles. The van der Waals surface area contributed by atoms with E-state index in [-0.39, 0.29) is 30.0 Å². The zero-order chi connectivity index (χ0) is 14.8. The summed E-state index contributed by atoms with van der Waals surface area (Å²) in [6.45, 7) is 5.87. The molecule has 0 aliphatic carbocycles. The molecule has 0 aliphatic heterocycles. The van der Waals surface area contributed by atoms with Gasteiger partial charge in [0.1, 0.15) is 5.75 Å². The number of aliphatic imine (C=N–C) groups is 1. The standard InChI is InChI=1S/C15H25N3O2.HI/c1-4-20-14-8-6-5-7-13(14)9-10-17-15(16)18-12(2)11-19-3;/h5-8,12H,4,9-11H2,1-3H3,(H3,16,17,18);1H. The van der Waals surface area contributed by atoms with E-state index in [0.29, 0.717) is 25.7 Å². The molecule has 1 rings (SSSR count). The zero-order valence-corrected chi connectivity index (χ0v) is 15.3. The summed E-state index contributed by atoms with van der Waals surface area (Å²) in [7, 11) is 1.66. The lowest BCUT2D eigenvalue weighted by Gasteiger charge is -2.13. The fourth-order valence-electron chi connectivity index (χ4n) is 1.89. The number of guanidine groups is 1. The maximum Gasteiger partial charge on any atom is 0.188 e. The molecule has 0 amide bonds. The number of nitrogens with two attached hydrogens (primary N) is 1. The third kappa shape index (κ3) is 8.11. The van der Waals surface area contributed by atoms with E-state index < -0.39 is 0 Å². The number of ether oxygens (including phenoxy) is 2. The highest BCUT2D eigenvalue weighted by atomic mass is 127. The number of hydrogen-bond acceptors (Lipinski definition) is 3. The maximum atomic E-state index is 5.82. The molecule has 1 unspecified atom stereocenters. The Hall–Kier alpha value is -1.02. The second kappa shape index (κ2) is 11.6. The van der Waals surface area contributed by atoms with Gasteiger partial charge in [-0.05, 0) is 31.9 Å². The molecule has 0 radical (unpaired) electrons. The van der Waals surface area contributed by atoms with Gasteiger partial charge < -0.3 is 20.5 Å². The zero-order valence-electron chi connectivity index (χ0n) is 13.0. The van der Waals surface area contributed by atoms with Crippen molar-refractivity contribution < 1.29 is 9.47 Å². The van der Waals surface area contributed by atoms with Crippen LogP contribution in [0.15, 0.2) is 29.3 Å². The summed E-state index contributed by atoms with van der Waals surface area (Å²) in [5.74, 6) is 1.37. The Morgan fingerprint density at radius 2 is 2.10 bits per heavy atom. The number of nitrogens with one attached hydrogen (secondary N) is 1. The first-order valence-electron chi connectivity index (χ1n) is 6.93. The van der Waals surface area contributed by atoms with Gasteiger partial charge in [0.15, 0.2) is 5.96 Å². The fourth-order valence-corrected chi connectivity index (χ4v) is 1.89. The maximum absolute atomic E-state index is 5.82. The van der Waals surface area contributed by atoms with Crippen molar-refractivity contribution in [3.8, 4) is 5.75 Å². The molecule has 3 N–H and O–H groups in total. The predicted octanol–water partition coefficient (Wildman–Crippen LogP) is 2.19. The second-order valence-electron chi connectivity index (χ2n) is 4.56. The van der Waals surface area contributed by atoms with Crippen molar-refractivity contribution in [2.45, 2.75) is 26.3 Å². The van der Waals surface area contributed by atoms with Crippen molar-refractivity contribution in [3.63, 3.8) is 0 Å². The third-order valence-corrected chi connectivity index (χ3v) is 2.75.